The Hall–Kier alpha value is -1.36. The summed E-state index contributed by atoms with van der Waals surface area (Å²) in [5, 5.41) is 8.95. The van der Waals surface area contributed by atoms with E-state index in [9.17, 15) is 4.79 Å². The van der Waals surface area contributed by atoms with Crippen molar-refractivity contribution in [2.45, 2.75) is 32.4 Å². The first-order valence-electron chi connectivity index (χ1n) is 6.61. The van der Waals surface area contributed by atoms with Crippen LogP contribution in [0.2, 0.25) is 0 Å². The first-order valence-corrected chi connectivity index (χ1v) is 6.61. The summed E-state index contributed by atoms with van der Waals surface area (Å²) in [6, 6.07) is 0.664. The zero-order valence-electron chi connectivity index (χ0n) is 10.6. The Morgan fingerprint density at radius 2 is 2.28 bits per heavy atom. The van der Waals surface area contributed by atoms with E-state index in [1.54, 1.807) is 6.92 Å². The van der Waals surface area contributed by atoms with Crippen molar-refractivity contribution in [2.24, 2.45) is 11.8 Å². The van der Waals surface area contributed by atoms with Gasteiger partial charge in [-0.2, -0.15) is 0 Å². The summed E-state index contributed by atoms with van der Waals surface area (Å²) >= 11 is 0. The van der Waals surface area contributed by atoms with Crippen molar-refractivity contribution in [1.82, 2.24) is 14.5 Å². The molecule has 1 aliphatic heterocycles. The number of likely N-dealkylation sites (tertiary alicyclic amines) is 1. The largest absolute Gasteiger partial charge is 0.481 e. The summed E-state index contributed by atoms with van der Waals surface area (Å²) in [5.41, 5.74) is 1.26. The number of carboxylic acid groups (broad SMARTS) is 1. The standard InChI is InChI=1S/C13H19N3O2/c1-9(13(17)18)10-5-15(6-10)7-12-4-14-8-16(12)11-2-3-11/h4,8-11H,2-3,5-7H2,1H3,(H,17,18). The fraction of sp³-hybridized carbons (Fsp3) is 0.692. The van der Waals surface area contributed by atoms with Crippen LogP contribution in [0.5, 0.6) is 0 Å². The van der Waals surface area contributed by atoms with E-state index in [2.05, 4.69) is 14.5 Å². The number of carboxylic acids is 1. The molecule has 1 atom stereocenters. The number of hydrogen-bond acceptors (Lipinski definition) is 3. The number of carbonyl (C=O) groups is 1. The third kappa shape index (κ3) is 2.14. The summed E-state index contributed by atoms with van der Waals surface area (Å²) < 4.78 is 2.27. The maximum Gasteiger partial charge on any atom is 0.306 e. The molecule has 1 aromatic rings. The van der Waals surface area contributed by atoms with Crippen LogP contribution in [0.1, 0.15) is 31.5 Å². The fourth-order valence-corrected chi connectivity index (χ4v) is 2.62. The van der Waals surface area contributed by atoms with Gasteiger partial charge in [-0.1, -0.05) is 6.92 Å². The van der Waals surface area contributed by atoms with Gasteiger partial charge in [-0.05, 0) is 18.8 Å². The number of hydrogen-bond donors (Lipinski definition) is 1. The van der Waals surface area contributed by atoms with Crippen LogP contribution < -0.4 is 0 Å². The molecule has 1 aliphatic carbocycles. The number of aromatic nitrogens is 2. The monoisotopic (exact) mass is 249 g/mol. The molecule has 98 valence electrons. The van der Waals surface area contributed by atoms with Crippen LogP contribution in [0.4, 0.5) is 0 Å². The van der Waals surface area contributed by atoms with Gasteiger partial charge in [0.1, 0.15) is 0 Å². The SMILES string of the molecule is CC(C(=O)O)C1CN(Cc2cncn2C2CC2)C1. The summed E-state index contributed by atoms with van der Waals surface area (Å²) in [6.07, 6.45) is 6.39. The molecule has 1 aromatic heterocycles. The van der Waals surface area contributed by atoms with Gasteiger partial charge >= 0.3 is 5.97 Å². The van der Waals surface area contributed by atoms with Crippen molar-refractivity contribution < 1.29 is 9.90 Å². The van der Waals surface area contributed by atoms with Gasteiger partial charge in [0.15, 0.2) is 0 Å². The lowest BCUT2D eigenvalue weighted by molar-refractivity contribution is -0.145. The van der Waals surface area contributed by atoms with Crippen molar-refractivity contribution in [3.63, 3.8) is 0 Å². The summed E-state index contributed by atoms with van der Waals surface area (Å²) in [5.74, 6) is -0.600. The molecule has 1 saturated heterocycles. The smallest absolute Gasteiger partial charge is 0.306 e. The van der Waals surface area contributed by atoms with Gasteiger partial charge in [-0.3, -0.25) is 9.69 Å². The number of nitrogens with zero attached hydrogens (tertiary/aromatic N) is 3. The molecule has 5 nitrogen and oxygen atoms in total. The van der Waals surface area contributed by atoms with E-state index in [1.807, 2.05) is 12.5 Å². The quantitative estimate of drug-likeness (QED) is 0.856. The zero-order valence-corrected chi connectivity index (χ0v) is 10.6. The first kappa shape index (κ1) is 11.7. The maximum absolute atomic E-state index is 10.9. The van der Waals surface area contributed by atoms with Crippen LogP contribution >= 0.6 is 0 Å². The lowest BCUT2D eigenvalue weighted by atomic mass is 9.87. The molecule has 18 heavy (non-hydrogen) atoms. The Bertz CT molecular complexity index is 447. The molecule has 0 aromatic carbocycles. The second-order valence-electron chi connectivity index (χ2n) is 5.60. The molecular weight excluding hydrogens is 230 g/mol. The molecule has 2 fully saturated rings. The van der Waals surface area contributed by atoms with Crippen molar-refractivity contribution in [3.05, 3.63) is 18.2 Å². The van der Waals surface area contributed by atoms with Crippen molar-refractivity contribution in [1.29, 1.82) is 0 Å². The number of aliphatic carboxylic acids is 1. The Kier molecular flexibility index (Phi) is 2.86. The molecular formula is C13H19N3O2. The Morgan fingerprint density at radius 3 is 2.89 bits per heavy atom. The molecule has 1 unspecified atom stereocenters. The molecule has 1 saturated carbocycles. The minimum absolute atomic E-state index is 0.227. The van der Waals surface area contributed by atoms with Gasteiger partial charge in [0, 0.05) is 31.9 Å². The van der Waals surface area contributed by atoms with Gasteiger partial charge < -0.3 is 9.67 Å². The van der Waals surface area contributed by atoms with E-state index in [0.29, 0.717) is 12.0 Å². The average molecular weight is 249 g/mol. The maximum atomic E-state index is 10.9. The average Bonchev–Trinajstić information content (AvgIpc) is 3.02. The topological polar surface area (TPSA) is 58.4 Å². The van der Waals surface area contributed by atoms with Crippen LogP contribution in [-0.4, -0.2) is 38.6 Å². The van der Waals surface area contributed by atoms with Crippen molar-refractivity contribution in [3.8, 4) is 0 Å². The van der Waals surface area contributed by atoms with Crippen molar-refractivity contribution >= 4 is 5.97 Å². The summed E-state index contributed by atoms with van der Waals surface area (Å²) in [6.45, 7) is 4.49. The normalized spacial score (nSPS) is 22.7. The van der Waals surface area contributed by atoms with E-state index in [1.165, 1.54) is 18.5 Å². The van der Waals surface area contributed by atoms with E-state index >= 15 is 0 Å². The summed E-state index contributed by atoms with van der Waals surface area (Å²) in [7, 11) is 0. The minimum atomic E-state index is -0.678. The van der Waals surface area contributed by atoms with E-state index in [-0.39, 0.29) is 5.92 Å². The third-order valence-electron chi connectivity index (χ3n) is 4.15. The second kappa shape index (κ2) is 4.39. The molecule has 2 heterocycles. The van der Waals surface area contributed by atoms with Gasteiger partial charge in [0.05, 0.1) is 17.9 Å². The Labute approximate surface area is 106 Å². The molecule has 0 radical (unpaired) electrons. The van der Waals surface area contributed by atoms with Crippen LogP contribution in [0.3, 0.4) is 0 Å². The summed E-state index contributed by atoms with van der Waals surface area (Å²) in [4.78, 5) is 17.4. The predicted octanol–water partition coefficient (Wildman–Crippen LogP) is 1.37. The van der Waals surface area contributed by atoms with Crippen LogP contribution in [0.15, 0.2) is 12.5 Å². The second-order valence-corrected chi connectivity index (χ2v) is 5.60. The lowest BCUT2D eigenvalue weighted by Gasteiger charge is -2.41. The molecule has 1 N–H and O–H groups in total. The number of rotatable bonds is 5. The van der Waals surface area contributed by atoms with Gasteiger partial charge in [-0.15, -0.1) is 0 Å². The molecule has 2 aliphatic rings. The lowest BCUT2D eigenvalue weighted by Crippen LogP contribution is -2.50. The number of imidazole rings is 1. The van der Waals surface area contributed by atoms with E-state index < -0.39 is 5.97 Å². The molecule has 0 spiro atoms. The first-order chi connectivity index (χ1) is 8.65. The highest BCUT2D eigenvalue weighted by molar-refractivity contribution is 5.70. The van der Waals surface area contributed by atoms with E-state index in [0.717, 1.165) is 19.6 Å². The van der Waals surface area contributed by atoms with Crippen LogP contribution in [0.25, 0.3) is 0 Å². The van der Waals surface area contributed by atoms with Gasteiger partial charge in [-0.25, -0.2) is 4.98 Å². The van der Waals surface area contributed by atoms with Gasteiger partial charge in [0.25, 0.3) is 0 Å². The Morgan fingerprint density at radius 1 is 1.56 bits per heavy atom. The highest BCUT2D eigenvalue weighted by Gasteiger charge is 2.35. The van der Waals surface area contributed by atoms with Crippen LogP contribution in [0, 0.1) is 11.8 Å². The predicted molar refractivity (Wildman–Crippen MR) is 66.1 cm³/mol. The minimum Gasteiger partial charge on any atom is -0.481 e. The fourth-order valence-electron chi connectivity index (χ4n) is 2.62. The van der Waals surface area contributed by atoms with Crippen LogP contribution in [-0.2, 0) is 11.3 Å². The van der Waals surface area contributed by atoms with E-state index in [4.69, 9.17) is 5.11 Å². The third-order valence-corrected chi connectivity index (χ3v) is 4.15. The highest BCUT2D eigenvalue weighted by Crippen LogP contribution is 2.36. The molecule has 5 heteroatoms. The Balaban J connectivity index is 1.53. The van der Waals surface area contributed by atoms with Gasteiger partial charge in [0.2, 0.25) is 0 Å². The highest BCUT2D eigenvalue weighted by atomic mass is 16.4. The molecule has 0 amide bonds. The molecule has 0 bridgehead atoms. The zero-order chi connectivity index (χ0) is 12.7. The molecule has 3 rings (SSSR count). The van der Waals surface area contributed by atoms with Crippen molar-refractivity contribution in [2.75, 3.05) is 13.1 Å².